The summed E-state index contributed by atoms with van der Waals surface area (Å²) in [6.07, 6.45) is 1.56. The summed E-state index contributed by atoms with van der Waals surface area (Å²) in [5.74, 6) is 5.41. The van der Waals surface area contributed by atoms with Crippen LogP contribution >= 0.6 is 0 Å². The Hall–Kier alpha value is -2.07. The third-order valence-electron chi connectivity index (χ3n) is 2.09. The van der Waals surface area contributed by atoms with Crippen LogP contribution in [0.1, 0.15) is 10.4 Å². The SMILES string of the molecule is NNC(=O)c1ccccc1-c1ccco1. The minimum atomic E-state index is -0.331. The maximum atomic E-state index is 11.5. The highest BCUT2D eigenvalue weighted by Gasteiger charge is 2.12. The van der Waals surface area contributed by atoms with Crippen molar-refractivity contribution in [1.82, 2.24) is 5.43 Å². The Labute approximate surface area is 86.7 Å². The lowest BCUT2D eigenvalue weighted by Crippen LogP contribution is -2.30. The second-order valence-corrected chi connectivity index (χ2v) is 3.00. The first kappa shape index (κ1) is 9.48. The van der Waals surface area contributed by atoms with Crippen molar-refractivity contribution < 1.29 is 9.21 Å². The number of hydrogen-bond acceptors (Lipinski definition) is 3. The van der Waals surface area contributed by atoms with Gasteiger partial charge in [0.25, 0.3) is 5.91 Å². The average molecular weight is 202 g/mol. The largest absolute Gasteiger partial charge is 0.464 e. The van der Waals surface area contributed by atoms with Crippen molar-refractivity contribution in [1.29, 1.82) is 0 Å². The van der Waals surface area contributed by atoms with Crippen LogP contribution in [0, 0.1) is 0 Å². The van der Waals surface area contributed by atoms with Crippen molar-refractivity contribution >= 4 is 5.91 Å². The Morgan fingerprint density at radius 3 is 2.67 bits per heavy atom. The maximum absolute atomic E-state index is 11.5. The summed E-state index contributed by atoms with van der Waals surface area (Å²) >= 11 is 0. The number of benzene rings is 1. The molecule has 0 atom stereocenters. The third-order valence-corrected chi connectivity index (χ3v) is 2.09. The normalized spacial score (nSPS) is 9.93. The van der Waals surface area contributed by atoms with Crippen molar-refractivity contribution in [2.45, 2.75) is 0 Å². The fraction of sp³-hybridized carbons (Fsp3) is 0. The number of rotatable bonds is 2. The van der Waals surface area contributed by atoms with Gasteiger partial charge >= 0.3 is 0 Å². The zero-order valence-corrected chi connectivity index (χ0v) is 7.94. The number of amides is 1. The van der Waals surface area contributed by atoms with Gasteiger partial charge in [0.1, 0.15) is 5.76 Å². The number of carbonyl (C=O) groups is 1. The zero-order chi connectivity index (χ0) is 10.7. The summed E-state index contributed by atoms with van der Waals surface area (Å²) in [6, 6.07) is 10.7. The van der Waals surface area contributed by atoms with Crippen LogP contribution in [0.5, 0.6) is 0 Å². The molecule has 1 heterocycles. The lowest BCUT2D eigenvalue weighted by atomic mass is 10.1. The van der Waals surface area contributed by atoms with Crippen LogP contribution < -0.4 is 11.3 Å². The number of nitrogen functional groups attached to an aromatic ring is 1. The number of nitrogens with one attached hydrogen (secondary N) is 1. The fourth-order valence-electron chi connectivity index (χ4n) is 1.41. The van der Waals surface area contributed by atoms with Gasteiger partial charge in [-0.3, -0.25) is 10.2 Å². The molecule has 2 aromatic rings. The van der Waals surface area contributed by atoms with E-state index in [0.717, 1.165) is 5.56 Å². The fourth-order valence-corrected chi connectivity index (χ4v) is 1.41. The Kier molecular flexibility index (Phi) is 2.51. The number of furan rings is 1. The monoisotopic (exact) mass is 202 g/mol. The van der Waals surface area contributed by atoms with E-state index in [-0.39, 0.29) is 5.91 Å². The van der Waals surface area contributed by atoms with Gasteiger partial charge in [-0.2, -0.15) is 0 Å². The molecule has 0 aliphatic heterocycles. The summed E-state index contributed by atoms with van der Waals surface area (Å²) in [5, 5.41) is 0. The first-order chi connectivity index (χ1) is 7.33. The molecular weight excluding hydrogens is 192 g/mol. The molecular formula is C11H10N2O2. The van der Waals surface area contributed by atoms with Crippen molar-refractivity contribution in [2.24, 2.45) is 5.84 Å². The molecule has 0 unspecified atom stereocenters. The summed E-state index contributed by atoms with van der Waals surface area (Å²) < 4.78 is 5.23. The third kappa shape index (κ3) is 1.75. The Morgan fingerprint density at radius 2 is 2.00 bits per heavy atom. The van der Waals surface area contributed by atoms with Gasteiger partial charge in [0, 0.05) is 5.56 Å². The minimum absolute atomic E-state index is 0.331. The van der Waals surface area contributed by atoms with Crippen LogP contribution in [0.4, 0.5) is 0 Å². The van der Waals surface area contributed by atoms with Crippen LogP contribution in [-0.2, 0) is 0 Å². The van der Waals surface area contributed by atoms with Crippen LogP contribution in [0.15, 0.2) is 47.1 Å². The van der Waals surface area contributed by atoms with Gasteiger partial charge < -0.3 is 4.42 Å². The van der Waals surface area contributed by atoms with Crippen molar-refractivity contribution in [3.63, 3.8) is 0 Å². The molecule has 4 heteroatoms. The standard InChI is InChI=1S/C11H10N2O2/c12-13-11(14)9-5-2-1-4-8(9)10-6-3-7-15-10/h1-7H,12H2,(H,13,14). The first-order valence-electron chi connectivity index (χ1n) is 4.47. The molecule has 0 fully saturated rings. The number of hydrazine groups is 1. The number of nitrogens with two attached hydrogens (primary N) is 1. The topological polar surface area (TPSA) is 68.3 Å². The van der Waals surface area contributed by atoms with E-state index in [2.05, 4.69) is 5.43 Å². The summed E-state index contributed by atoms with van der Waals surface area (Å²) in [5.41, 5.74) is 3.33. The van der Waals surface area contributed by atoms with E-state index in [1.807, 2.05) is 12.1 Å². The molecule has 2 rings (SSSR count). The second kappa shape index (κ2) is 3.98. The zero-order valence-electron chi connectivity index (χ0n) is 7.94. The van der Waals surface area contributed by atoms with E-state index in [9.17, 15) is 4.79 Å². The molecule has 1 amide bonds. The van der Waals surface area contributed by atoms with E-state index in [0.29, 0.717) is 11.3 Å². The molecule has 15 heavy (non-hydrogen) atoms. The average Bonchev–Trinajstić information content (AvgIpc) is 2.81. The Bertz CT molecular complexity index is 463. The Morgan fingerprint density at radius 1 is 1.20 bits per heavy atom. The highest BCUT2D eigenvalue weighted by Crippen LogP contribution is 2.23. The van der Waals surface area contributed by atoms with Crippen LogP contribution in [-0.4, -0.2) is 5.91 Å². The van der Waals surface area contributed by atoms with E-state index in [1.54, 1.807) is 30.5 Å². The van der Waals surface area contributed by atoms with Gasteiger partial charge in [-0.1, -0.05) is 18.2 Å². The molecule has 0 aliphatic carbocycles. The molecule has 1 aromatic carbocycles. The van der Waals surface area contributed by atoms with Crippen LogP contribution in [0.3, 0.4) is 0 Å². The highest BCUT2D eigenvalue weighted by molar-refractivity contribution is 5.99. The predicted octanol–water partition coefficient (Wildman–Crippen LogP) is 1.55. The molecule has 0 spiro atoms. The lowest BCUT2D eigenvalue weighted by molar-refractivity contribution is 0.0954. The number of carbonyl (C=O) groups excluding carboxylic acids is 1. The van der Waals surface area contributed by atoms with Crippen LogP contribution in [0.25, 0.3) is 11.3 Å². The molecule has 0 bridgehead atoms. The Balaban J connectivity index is 2.52. The van der Waals surface area contributed by atoms with Crippen molar-refractivity contribution in [3.8, 4) is 11.3 Å². The van der Waals surface area contributed by atoms with E-state index < -0.39 is 0 Å². The smallest absolute Gasteiger partial charge is 0.265 e. The number of hydrogen-bond donors (Lipinski definition) is 2. The molecule has 0 saturated heterocycles. The van der Waals surface area contributed by atoms with Gasteiger partial charge in [0.2, 0.25) is 0 Å². The molecule has 76 valence electrons. The van der Waals surface area contributed by atoms with E-state index in [1.165, 1.54) is 0 Å². The predicted molar refractivity (Wildman–Crippen MR) is 55.8 cm³/mol. The van der Waals surface area contributed by atoms with Crippen molar-refractivity contribution in [2.75, 3.05) is 0 Å². The van der Waals surface area contributed by atoms with Gasteiger partial charge in [-0.15, -0.1) is 0 Å². The van der Waals surface area contributed by atoms with E-state index >= 15 is 0 Å². The first-order valence-corrected chi connectivity index (χ1v) is 4.47. The lowest BCUT2D eigenvalue weighted by Gasteiger charge is -2.04. The molecule has 0 saturated carbocycles. The van der Waals surface area contributed by atoms with Crippen molar-refractivity contribution in [3.05, 3.63) is 48.2 Å². The van der Waals surface area contributed by atoms with Gasteiger partial charge in [0.05, 0.1) is 11.8 Å². The van der Waals surface area contributed by atoms with Gasteiger partial charge in [0.15, 0.2) is 0 Å². The van der Waals surface area contributed by atoms with Crippen LogP contribution in [0.2, 0.25) is 0 Å². The summed E-state index contributed by atoms with van der Waals surface area (Å²) in [4.78, 5) is 11.5. The van der Waals surface area contributed by atoms with E-state index in [4.69, 9.17) is 10.3 Å². The molecule has 0 radical (unpaired) electrons. The second-order valence-electron chi connectivity index (χ2n) is 3.00. The minimum Gasteiger partial charge on any atom is -0.464 e. The molecule has 3 N–H and O–H groups in total. The molecule has 1 aromatic heterocycles. The van der Waals surface area contributed by atoms with Gasteiger partial charge in [-0.25, -0.2) is 5.84 Å². The summed E-state index contributed by atoms with van der Waals surface area (Å²) in [6.45, 7) is 0. The maximum Gasteiger partial charge on any atom is 0.265 e. The van der Waals surface area contributed by atoms with Gasteiger partial charge in [-0.05, 0) is 18.2 Å². The molecule has 0 aliphatic rings. The summed E-state index contributed by atoms with van der Waals surface area (Å²) in [7, 11) is 0. The quantitative estimate of drug-likeness (QED) is 0.441. The highest BCUT2D eigenvalue weighted by atomic mass is 16.3. The molecule has 4 nitrogen and oxygen atoms in total.